The van der Waals surface area contributed by atoms with Gasteiger partial charge in [0.05, 0.1) is 13.2 Å². The molecule has 0 spiro atoms. The zero-order valence-corrected chi connectivity index (χ0v) is 11.9. The Bertz CT molecular complexity index is 235. The van der Waals surface area contributed by atoms with Gasteiger partial charge in [-0.25, -0.2) is 0 Å². The van der Waals surface area contributed by atoms with Crippen LogP contribution in [0.5, 0.6) is 0 Å². The topological polar surface area (TPSA) is 35.5 Å². The fourth-order valence-corrected chi connectivity index (χ4v) is 2.59. The van der Waals surface area contributed by atoms with E-state index in [1.807, 2.05) is 6.92 Å². The monoisotopic (exact) mass is 248 g/mol. The summed E-state index contributed by atoms with van der Waals surface area (Å²) in [5.41, 5.74) is 0. The zero-order chi connectivity index (χ0) is 12.4. The lowest BCUT2D eigenvalue weighted by Crippen LogP contribution is -2.00. The van der Waals surface area contributed by atoms with Gasteiger partial charge in [-0.1, -0.05) is 32.8 Å². The predicted molar refractivity (Wildman–Crippen MR) is 68.8 cm³/mol. The molecule has 3 nitrogen and oxygen atoms in total. The molecule has 0 atom stereocenters. The number of hydrogen-bond donors (Lipinski definition) is 0. The van der Waals surface area contributed by atoms with E-state index >= 15 is 0 Å². The van der Waals surface area contributed by atoms with Gasteiger partial charge in [-0.05, 0) is 26.7 Å². The second-order valence-corrected chi connectivity index (χ2v) is 6.02. The van der Waals surface area contributed by atoms with Crippen molar-refractivity contribution in [2.24, 2.45) is 0 Å². The lowest BCUT2D eigenvalue weighted by atomic mass is 10.4. The van der Waals surface area contributed by atoms with Crippen LogP contribution >= 0.6 is 7.60 Å². The molecule has 4 heteroatoms. The lowest BCUT2D eigenvalue weighted by molar-refractivity contribution is 0.205. The van der Waals surface area contributed by atoms with Crippen molar-refractivity contribution in [1.82, 2.24) is 0 Å². The SMILES string of the molecule is C/C=C(/C)P(=O)(OCCCC)OCCCC. The van der Waals surface area contributed by atoms with Gasteiger partial charge in [0.1, 0.15) is 0 Å². The van der Waals surface area contributed by atoms with Crippen LogP contribution in [0.3, 0.4) is 0 Å². The minimum absolute atomic E-state index is 0.505. The zero-order valence-electron chi connectivity index (χ0n) is 11.0. The van der Waals surface area contributed by atoms with Crippen molar-refractivity contribution in [3.63, 3.8) is 0 Å². The van der Waals surface area contributed by atoms with E-state index in [1.54, 1.807) is 13.0 Å². The van der Waals surface area contributed by atoms with E-state index in [1.165, 1.54) is 0 Å². The van der Waals surface area contributed by atoms with Crippen molar-refractivity contribution in [3.05, 3.63) is 11.4 Å². The molecule has 0 N–H and O–H groups in total. The summed E-state index contributed by atoms with van der Waals surface area (Å²) >= 11 is 0. The summed E-state index contributed by atoms with van der Waals surface area (Å²) in [4.78, 5) is 0. The van der Waals surface area contributed by atoms with Crippen molar-refractivity contribution < 1.29 is 13.6 Å². The highest BCUT2D eigenvalue weighted by atomic mass is 31.2. The Labute approximate surface area is 99.8 Å². The summed E-state index contributed by atoms with van der Waals surface area (Å²) in [5, 5.41) is 0.708. The van der Waals surface area contributed by atoms with E-state index in [9.17, 15) is 4.57 Å². The number of allylic oxidation sites excluding steroid dienone is 2. The van der Waals surface area contributed by atoms with Gasteiger partial charge in [-0.15, -0.1) is 0 Å². The quantitative estimate of drug-likeness (QED) is 0.437. The second kappa shape index (κ2) is 8.98. The average Bonchev–Trinajstić information content (AvgIpc) is 2.28. The standard InChI is InChI=1S/C12H25O3P/c1-5-8-10-14-16(13,12(4)7-3)15-11-9-6-2/h7H,5-6,8-11H2,1-4H3/b12-7-. The molecule has 0 aliphatic heterocycles. The molecule has 0 aromatic carbocycles. The molecule has 0 unspecified atom stereocenters. The maximum Gasteiger partial charge on any atom is 0.356 e. The summed E-state index contributed by atoms with van der Waals surface area (Å²) in [7, 11) is -3.01. The molecule has 0 amide bonds. The molecule has 0 rings (SSSR count). The third kappa shape index (κ3) is 5.83. The Morgan fingerprint density at radius 3 is 1.88 bits per heavy atom. The molecule has 16 heavy (non-hydrogen) atoms. The van der Waals surface area contributed by atoms with E-state index in [4.69, 9.17) is 9.05 Å². The fraction of sp³-hybridized carbons (Fsp3) is 0.833. The Morgan fingerprint density at radius 1 is 1.12 bits per heavy atom. The molecule has 0 aliphatic carbocycles. The maximum absolute atomic E-state index is 12.4. The van der Waals surface area contributed by atoms with Crippen LogP contribution in [0, 0.1) is 0 Å². The van der Waals surface area contributed by atoms with E-state index in [0.717, 1.165) is 25.7 Å². The van der Waals surface area contributed by atoms with Crippen LogP contribution in [0.4, 0.5) is 0 Å². The van der Waals surface area contributed by atoms with Gasteiger partial charge in [-0.3, -0.25) is 4.57 Å². The van der Waals surface area contributed by atoms with Crippen LogP contribution in [0.2, 0.25) is 0 Å². The molecule has 96 valence electrons. The van der Waals surface area contributed by atoms with Gasteiger partial charge in [0.2, 0.25) is 0 Å². The van der Waals surface area contributed by atoms with Gasteiger partial charge in [0, 0.05) is 5.31 Å². The minimum Gasteiger partial charge on any atom is -0.305 e. The van der Waals surface area contributed by atoms with Crippen LogP contribution in [0.25, 0.3) is 0 Å². The Hall–Kier alpha value is -0.110. The molecule has 0 bridgehead atoms. The highest BCUT2D eigenvalue weighted by molar-refractivity contribution is 7.58. The summed E-state index contributed by atoms with van der Waals surface area (Å²) in [6, 6.07) is 0. The van der Waals surface area contributed by atoms with Crippen LogP contribution in [0.1, 0.15) is 53.4 Å². The largest absolute Gasteiger partial charge is 0.356 e. The van der Waals surface area contributed by atoms with E-state index in [-0.39, 0.29) is 0 Å². The first-order valence-electron chi connectivity index (χ1n) is 6.13. The second-order valence-electron chi connectivity index (χ2n) is 3.80. The van der Waals surface area contributed by atoms with Gasteiger partial charge >= 0.3 is 7.60 Å². The average molecular weight is 248 g/mol. The van der Waals surface area contributed by atoms with Crippen LogP contribution in [-0.4, -0.2) is 13.2 Å². The fourth-order valence-electron chi connectivity index (χ4n) is 1.06. The first-order chi connectivity index (χ1) is 7.60. The first kappa shape index (κ1) is 15.9. The number of unbranched alkanes of at least 4 members (excludes halogenated alkanes) is 2. The Morgan fingerprint density at radius 2 is 1.56 bits per heavy atom. The molecule has 0 aromatic rings. The Kier molecular flexibility index (Phi) is 8.91. The molecule has 0 radical (unpaired) electrons. The summed E-state index contributed by atoms with van der Waals surface area (Å²) < 4.78 is 23.2. The summed E-state index contributed by atoms with van der Waals surface area (Å²) in [5.74, 6) is 0. The maximum atomic E-state index is 12.4. The van der Waals surface area contributed by atoms with Gasteiger partial charge < -0.3 is 9.05 Å². The van der Waals surface area contributed by atoms with Crippen LogP contribution in [0.15, 0.2) is 11.4 Å². The molecule has 0 fully saturated rings. The molecule has 0 heterocycles. The molecule has 0 saturated carbocycles. The molecular weight excluding hydrogens is 223 g/mol. The van der Waals surface area contributed by atoms with Gasteiger partial charge in [0.25, 0.3) is 0 Å². The lowest BCUT2D eigenvalue weighted by Gasteiger charge is -2.18. The van der Waals surface area contributed by atoms with Gasteiger partial charge in [0.15, 0.2) is 0 Å². The normalized spacial score (nSPS) is 13.1. The highest BCUT2D eigenvalue weighted by Crippen LogP contribution is 2.55. The van der Waals surface area contributed by atoms with E-state index in [0.29, 0.717) is 18.5 Å². The number of hydrogen-bond acceptors (Lipinski definition) is 3. The minimum atomic E-state index is -3.01. The van der Waals surface area contributed by atoms with Crippen LogP contribution in [-0.2, 0) is 13.6 Å². The summed E-state index contributed by atoms with van der Waals surface area (Å²) in [6.45, 7) is 8.83. The third-order valence-electron chi connectivity index (χ3n) is 2.37. The summed E-state index contributed by atoms with van der Waals surface area (Å²) in [6.07, 6.45) is 5.70. The first-order valence-corrected chi connectivity index (χ1v) is 7.67. The van der Waals surface area contributed by atoms with Crippen molar-refractivity contribution >= 4 is 7.60 Å². The molecule has 0 saturated heterocycles. The van der Waals surface area contributed by atoms with Crippen molar-refractivity contribution in [3.8, 4) is 0 Å². The highest BCUT2D eigenvalue weighted by Gasteiger charge is 2.26. The van der Waals surface area contributed by atoms with E-state index in [2.05, 4.69) is 13.8 Å². The Balaban J connectivity index is 4.32. The third-order valence-corrected chi connectivity index (χ3v) is 4.54. The van der Waals surface area contributed by atoms with Gasteiger partial charge in [-0.2, -0.15) is 0 Å². The van der Waals surface area contributed by atoms with Crippen LogP contribution < -0.4 is 0 Å². The van der Waals surface area contributed by atoms with Crippen molar-refractivity contribution in [2.75, 3.05) is 13.2 Å². The number of rotatable bonds is 9. The molecular formula is C12H25O3P. The smallest absolute Gasteiger partial charge is 0.305 e. The van der Waals surface area contributed by atoms with E-state index < -0.39 is 7.60 Å². The van der Waals surface area contributed by atoms with Crippen molar-refractivity contribution in [1.29, 1.82) is 0 Å². The molecule has 0 aromatic heterocycles. The molecule has 0 aliphatic rings. The van der Waals surface area contributed by atoms with Crippen molar-refractivity contribution in [2.45, 2.75) is 53.4 Å². The predicted octanol–water partition coefficient (Wildman–Crippen LogP) is 4.74.